The molecule has 2 aliphatic rings. The van der Waals surface area contributed by atoms with Gasteiger partial charge in [0.15, 0.2) is 0 Å². The summed E-state index contributed by atoms with van der Waals surface area (Å²) < 4.78 is 15.5. The Labute approximate surface area is 251 Å². The molecule has 0 heterocycles. The molecule has 2 unspecified atom stereocenters. The van der Waals surface area contributed by atoms with Crippen molar-refractivity contribution in [3.05, 3.63) is 59.7 Å². The smallest absolute Gasteiger partial charge is 0.508 e. The lowest BCUT2D eigenvalue weighted by atomic mass is 9.72. The van der Waals surface area contributed by atoms with Gasteiger partial charge in [-0.25, -0.2) is 4.57 Å². The highest BCUT2D eigenvalue weighted by molar-refractivity contribution is 7.46. The van der Waals surface area contributed by atoms with Crippen molar-refractivity contribution in [1.29, 1.82) is 0 Å². The third-order valence-corrected chi connectivity index (χ3v) is 9.08. The number of phosphoric acid groups is 1. The molecule has 10 heteroatoms. The second-order valence-electron chi connectivity index (χ2n) is 12.7. The van der Waals surface area contributed by atoms with E-state index in [2.05, 4.69) is 14.3 Å². The molecule has 0 radical (unpaired) electrons. The van der Waals surface area contributed by atoms with Crippen LogP contribution in [0.15, 0.2) is 48.5 Å². The number of phosphoric ester groups is 1. The molecule has 0 amide bonds. The molecule has 0 bridgehead atoms. The predicted octanol–water partition coefficient (Wildman–Crippen LogP) is 5.23. The minimum Gasteiger partial charge on any atom is -0.508 e. The third-order valence-electron chi connectivity index (χ3n) is 8.63. The quantitative estimate of drug-likeness (QED) is 0.231. The standard InChI is InChI=1S/C16H26NO5P.C16H25NO2/c1-17(2)12-15(16(18)10-4-3-5-11-16)13-6-8-14(9-7-13)22-23(19,20)21;1-17(2)12-15(13-6-8-14(18)9-7-13)16(19)10-4-3-5-11-16/h6-9,15,18H,3-5,10-12H2,1-2H3,(H2,19,20,21);6-9,15,18-19H,3-5,10-12H2,1-2H3. The normalized spacial score (nSPS) is 20.0. The van der Waals surface area contributed by atoms with E-state index >= 15 is 0 Å². The van der Waals surface area contributed by atoms with Gasteiger partial charge in [0, 0.05) is 24.9 Å². The molecule has 2 saturated carbocycles. The molecular formula is C32H51N2O7P. The highest BCUT2D eigenvalue weighted by Crippen LogP contribution is 2.43. The fourth-order valence-corrected chi connectivity index (χ4v) is 6.93. The fraction of sp³-hybridized carbons (Fsp3) is 0.625. The zero-order chi connectivity index (χ0) is 31.0. The molecule has 5 N–H and O–H groups in total. The number of benzene rings is 2. The molecule has 0 aliphatic heterocycles. The topological polar surface area (TPSA) is 134 Å². The van der Waals surface area contributed by atoms with E-state index in [1.54, 1.807) is 36.4 Å². The number of phenolic OH excluding ortho intramolecular Hbond substituents is 1. The van der Waals surface area contributed by atoms with E-state index in [-0.39, 0.29) is 23.3 Å². The van der Waals surface area contributed by atoms with E-state index < -0.39 is 19.0 Å². The molecule has 2 atom stereocenters. The van der Waals surface area contributed by atoms with Crippen molar-refractivity contribution in [3.63, 3.8) is 0 Å². The van der Waals surface area contributed by atoms with Crippen LogP contribution in [0.3, 0.4) is 0 Å². The molecule has 4 rings (SSSR count). The van der Waals surface area contributed by atoms with Gasteiger partial charge in [0.25, 0.3) is 0 Å². The first-order valence-corrected chi connectivity index (χ1v) is 16.6. The number of nitrogens with zero attached hydrogens (tertiary/aromatic N) is 2. The van der Waals surface area contributed by atoms with Gasteiger partial charge in [0.05, 0.1) is 11.2 Å². The first kappa shape index (κ1) is 34.5. The lowest BCUT2D eigenvalue weighted by molar-refractivity contribution is -0.0280. The lowest BCUT2D eigenvalue weighted by Crippen LogP contribution is -2.42. The van der Waals surface area contributed by atoms with E-state index in [9.17, 15) is 19.9 Å². The van der Waals surface area contributed by atoms with Crippen LogP contribution in [0.5, 0.6) is 11.5 Å². The Bertz CT molecular complexity index is 1120. The molecule has 236 valence electrons. The number of aromatic hydroxyl groups is 1. The average Bonchev–Trinajstić information content (AvgIpc) is 2.92. The second-order valence-corrected chi connectivity index (χ2v) is 13.9. The summed E-state index contributed by atoms with van der Waals surface area (Å²) in [4.78, 5) is 21.9. The molecule has 0 spiro atoms. The number of likely N-dealkylation sites (N-methyl/N-ethyl adjacent to an activating group) is 2. The average molecular weight is 607 g/mol. The van der Waals surface area contributed by atoms with Gasteiger partial charge in [0.2, 0.25) is 0 Å². The van der Waals surface area contributed by atoms with Crippen LogP contribution >= 0.6 is 7.82 Å². The first-order valence-electron chi connectivity index (χ1n) is 15.1. The van der Waals surface area contributed by atoms with E-state index in [0.29, 0.717) is 0 Å². The van der Waals surface area contributed by atoms with Crippen molar-refractivity contribution in [3.8, 4) is 11.5 Å². The summed E-state index contributed by atoms with van der Waals surface area (Å²) in [7, 11) is 3.49. The van der Waals surface area contributed by atoms with Gasteiger partial charge in [-0.15, -0.1) is 0 Å². The van der Waals surface area contributed by atoms with Gasteiger partial charge in [0.1, 0.15) is 11.5 Å². The predicted molar refractivity (Wildman–Crippen MR) is 166 cm³/mol. The summed E-state index contributed by atoms with van der Waals surface area (Å²) in [6, 6.07) is 14.0. The maximum atomic E-state index is 11.1. The minimum atomic E-state index is -4.55. The minimum absolute atomic E-state index is 0.0399. The molecule has 2 fully saturated rings. The van der Waals surface area contributed by atoms with Crippen LogP contribution in [0.2, 0.25) is 0 Å². The zero-order valence-electron chi connectivity index (χ0n) is 25.7. The SMILES string of the molecule is CN(C)CC(c1ccc(O)cc1)C1(O)CCCCC1.CN(C)CC(c1ccc(OP(=O)(O)O)cc1)C1(O)CCCCC1. The summed E-state index contributed by atoms with van der Waals surface area (Å²) in [6.45, 7) is 1.55. The Morgan fingerprint density at radius 2 is 1.05 bits per heavy atom. The molecule has 2 aliphatic carbocycles. The molecule has 9 nitrogen and oxygen atoms in total. The Morgan fingerprint density at radius 3 is 1.38 bits per heavy atom. The van der Waals surface area contributed by atoms with Crippen molar-refractivity contribution < 1.29 is 34.2 Å². The summed E-state index contributed by atoms with van der Waals surface area (Å²) in [5, 5.41) is 31.5. The van der Waals surface area contributed by atoms with Crippen LogP contribution in [-0.4, -0.2) is 87.4 Å². The second kappa shape index (κ2) is 15.2. The third kappa shape index (κ3) is 10.3. The Balaban J connectivity index is 0.000000235. The van der Waals surface area contributed by atoms with Crippen molar-refractivity contribution in [2.75, 3.05) is 41.3 Å². The molecule has 0 saturated heterocycles. The van der Waals surface area contributed by atoms with Gasteiger partial charge < -0.3 is 29.6 Å². The van der Waals surface area contributed by atoms with Crippen molar-refractivity contribution in [2.24, 2.45) is 0 Å². The summed E-state index contributed by atoms with van der Waals surface area (Å²) >= 11 is 0. The van der Waals surface area contributed by atoms with Crippen LogP contribution in [0.25, 0.3) is 0 Å². The summed E-state index contributed by atoms with van der Waals surface area (Å²) in [5.74, 6) is 0.481. The highest BCUT2D eigenvalue weighted by atomic mass is 31.2. The molecular weight excluding hydrogens is 555 g/mol. The number of hydrogen-bond donors (Lipinski definition) is 5. The van der Waals surface area contributed by atoms with E-state index in [1.165, 1.54) is 6.42 Å². The van der Waals surface area contributed by atoms with Crippen LogP contribution in [0.1, 0.15) is 87.2 Å². The van der Waals surface area contributed by atoms with Gasteiger partial charge >= 0.3 is 7.82 Å². The van der Waals surface area contributed by atoms with Crippen LogP contribution in [-0.2, 0) is 4.57 Å². The van der Waals surface area contributed by atoms with Crippen molar-refractivity contribution in [1.82, 2.24) is 9.80 Å². The largest absolute Gasteiger partial charge is 0.524 e. The molecule has 0 aromatic heterocycles. The van der Waals surface area contributed by atoms with Crippen LogP contribution in [0.4, 0.5) is 0 Å². The maximum absolute atomic E-state index is 11.1. The Hall–Kier alpha value is -1.97. The van der Waals surface area contributed by atoms with Gasteiger partial charge in [-0.2, -0.15) is 0 Å². The summed E-state index contributed by atoms with van der Waals surface area (Å²) in [6.07, 6.45) is 9.99. The highest BCUT2D eigenvalue weighted by Gasteiger charge is 2.40. The maximum Gasteiger partial charge on any atom is 0.524 e. The number of hydrogen-bond acceptors (Lipinski definition) is 7. The van der Waals surface area contributed by atoms with Gasteiger partial charge in [-0.3, -0.25) is 9.79 Å². The number of aliphatic hydroxyl groups is 2. The Kier molecular flexibility index (Phi) is 12.5. The van der Waals surface area contributed by atoms with Crippen molar-refractivity contribution in [2.45, 2.75) is 87.2 Å². The van der Waals surface area contributed by atoms with Crippen LogP contribution in [0, 0.1) is 0 Å². The van der Waals surface area contributed by atoms with Gasteiger partial charge in [-0.05, 0) is 89.3 Å². The first-order chi connectivity index (χ1) is 19.7. The fourth-order valence-electron chi connectivity index (χ4n) is 6.53. The number of rotatable bonds is 10. The van der Waals surface area contributed by atoms with E-state index in [4.69, 9.17) is 9.79 Å². The van der Waals surface area contributed by atoms with E-state index in [0.717, 1.165) is 82.0 Å². The summed E-state index contributed by atoms with van der Waals surface area (Å²) in [5.41, 5.74) is 0.755. The number of phenols is 1. The van der Waals surface area contributed by atoms with Crippen molar-refractivity contribution >= 4 is 7.82 Å². The van der Waals surface area contributed by atoms with E-state index in [1.807, 2.05) is 40.3 Å². The molecule has 42 heavy (non-hydrogen) atoms. The lowest BCUT2D eigenvalue weighted by Gasteiger charge is -2.40. The van der Waals surface area contributed by atoms with Gasteiger partial charge in [-0.1, -0.05) is 62.8 Å². The molecule has 2 aromatic carbocycles. The zero-order valence-corrected chi connectivity index (χ0v) is 26.5. The molecule has 2 aromatic rings. The monoisotopic (exact) mass is 606 g/mol. The Morgan fingerprint density at radius 1 is 0.690 bits per heavy atom. The van der Waals surface area contributed by atoms with Crippen LogP contribution < -0.4 is 4.52 Å².